The van der Waals surface area contributed by atoms with E-state index in [1.807, 2.05) is 35.3 Å². The van der Waals surface area contributed by atoms with Gasteiger partial charge < -0.3 is 0 Å². The first kappa shape index (κ1) is 44.4. The SMILES string of the molecule is CCN(CC)CC(CSC(C)(C)C)[O][Ga]([O]C(CSC(C)(C)C)CN(CC)CC)[O]C(CSC(C)(C)C)CN(CC)CC. The number of nitrogens with zero attached hydrogens (tertiary/aromatic N) is 3. The number of hydrogen-bond donors (Lipinski definition) is 0. The van der Waals surface area contributed by atoms with Gasteiger partial charge in [-0.25, -0.2) is 0 Å². The average molecular weight is 725 g/mol. The Morgan fingerprint density at radius 3 is 0.814 bits per heavy atom. The fourth-order valence-corrected chi connectivity index (χ4v) is 11.3. The molecule has 6 nitrogen and oxygen atoms in total. The van der Waals surface area contributed by atoms with Crippen LogP contribution in [0.1, 0.15) is 104 Å². The zero-order valence-corrected chi connectivity index (χ0v) is 36.0. The molecule has 0 amide bonds. The second-order valence-corrected chi connectivity index (χ2v) is 22.8. The molecule has 0 saturated heterocycles. The van der Waals surface area contributed by atoms with E-state index in [9.17, 15) is 0 Å². The minimum absolute atomic E-state index is 0.0860. The molecule has 0 saturated carbocycles. The summed E-state index contributed by atoms with van der Waals surface area (Å²) < 4.78 is 21.9. The third kappa shape index (κ3) is 24.3. The van der Waals surface area contributed by atoms with Gasteiger partial charge >= 0.3 is 290 Å². The summed E-state index contributed by atoms with van der Waals surface area (Å²) in [6.45, 7) is 43.0. The second kappa shape index (κ2) is 22.9. The number of hydrogen-bond acceptors (Lipinski definition) is 9. The molecule has 0 aliphatic rings. The van der Waals surface area contributed by atoms with Crippen LogP contribution in [-0.2, 0) is 10.6 Å². The van der Waals surface area contributed by atoms with Crippen molar-refractivity contribution in [3.8, 4) is 0 Å². The van der Waals surface area contributed by atoms with Crippen LogP contribution in [0.4, 0.5) is 0 Å². The molecule has 0 aromatic carbocycles. The van der Waals surface area contributed by atoms with Crippen molar-refractivity contribution in [2.24, 2.45) is 0 Å². The molecule has 0 aliphatic carbocycles. The molecule has 0 aliphatic heterocycles. The molecule has 3 unspecified atom stereocenters. The number of thioether (sulfide) groups is 3. The molecule has 0 N–H and O–H groups in total. The molecule has 0 radical (unpaired) electrons. The third-order valence-corrected chi connectivity index (χ3v) is 15.1. The Labute approximate surface area is 288 Å². The van der Waals surface area contributed by atoms with E-state index in [2.05, 4.69) is 119 Å². The van der Waals surface area contributed by atoms with Gasteiger partial charge in [-0.05, 0) is 0 Å². The fraction of sp³-hybridized carbons (Fsp3) is 1.00. The van der Waals surface area contributed by atoms with Gasteiger partial charge in [-0.15, -0.1) is 0 Å². The van der Waals surface area contributed by atoms with Gasteiger partial charge in [-0.1, -0.05) is 0 Å². The van der Waals surface area contributed by atoms with E-state index < -0.39 is 17.3 Å². The van der Waals surface area contributed by atoms with Crippen LogP contribution in [0.3, 0.4) is 0 Å². The van der Waals surface area contributed by atoms with E-state index in [1.165, 1.54) is 0 Å². The second-order valence-electron chi connectivity index (χ2n) is 14.3. The molecule has 0 heterocycles. The molecule has 0 rings (SSSR count). The molecule has 0 aromatic heterocycles. The quantitative estimate of drug-likeness (QED) is 0.0930. The molecule has 0 spiro atoms. The summed E-state index contributed by atoms with van der Waals surface area (Å²) in [5, 5.41) is 0. The van der Waals surface area contributed by atoms with Crippen LogP contribution in [0.15, 0.2) is 0 Å². The van der Waals surface area contributed by atoms with Gasteiger partial charge in [0.05, 0.1) is 0 Å². The Morgan fingerprint density at radius 2 is 0.651 bits per heavy atom. The van der Waals surface area contributed by atoms with Gasteiger partial charge in [0.15, 0.2) is 0 Å². The van der Waals surface area contributed by atoms with Gasteiger partial charge in [0, 0.05) is 0 Å². The van der Waals surface area contributed by atoms with E-state index in [4.69, 9.17) is 10.6 Å². The number of rotatable bonds is 24. The fourth-order valence-electron chi connectivity index (χ4n) is 4.31. The van der Waals surface area contributed by atoms with Crippen LogP contribution < -0.4 is 0 Å². The van der Waals surface area contributed by atoms with Gasteiger partial charge in [0.25, 0.3) is 0 Å². The van der Waals surface area contributed by atoms with E-state index in [1.54, 1.807) is 0 Å². The van der Waals surface area contributed by atoms with E-state index >= 15 is 0 Å². The van der Waals surface area contributed by atoms with Crippen LogP contribution in [0, 0.1) is 0 Å². The van der Waals surface area contributed by atoms with Crippen LogP contribution in [0.2, 0.25) is 0 Å². The Bertz CT molecular complexity index is 587. The molecule has 258 valence electrons. The molecule has 0 fully saturated rings. The summed E-state index contributed by atoms with van der Waals surface area (Å²) in [7, 11) is 0. The molecule has 0 aromatic rings. The third-order valence-electron chi connectivity index (χ3n) is 7.09. The van der Waals surface area contributed by atoms with Crippen LogP contribution in [0.5, 0.6) is 0 Å². The van der Waals surface area contributed by atoms with E-state index in [-0.39, 0.29) is 32.6 Å². The molecular formula is C33H72GaN3O3S3. The maximum absolute atomic E-state index is 7.13. The van der Waals surface area contributed by atoms with Crippen molar-refractivity contribution in [2.45, 2.75) is 136 Å². The zero-order chi connectivity index (χ0) is 33.3. The molecular weight excluding hydrogens is 652 g/mol. The van der Waals surface area contributed by atoms with Crippen molar-refractivity contribution in [3.05, 3.63) is 0 Å². The topological polar surface area (TPSA) is 37.4 Å². The van der Waals surface area contributed by atoms with Crippen molar-refractivity contribution in [1.29, 1.82) is 0 Å². The Morgan fingerprint density at radius 1 is 0.442 bits per heavy atom. The Kier molecular flexibility index (Phi) is 23.7. The van der Waals surface area contributed by atoms with Gasteiger partial charge in [0.2, 0.25) is 0 Å². The minimum atomic E-state index is -3.16. The van der Waals surface area contributed by atoms with E-state index in [0.717, 1.165) is 76.2 Å². The standard InChI is InChI=1S/3C11H24NOS.Ga/c3*1-6-12(7-2)8-10(13)9-14-11(3,4)5;/h3*10H,6-9H2,1-5H3;/q3*-1;+3. The van der Waals surface area contributed by atoms with Crippen LogP contribution >= 0.6 is 35.3 Å². The monoisotopic (exact) mass is 723 g/mol. The summed E-state index contributed by atoms with van der Waals surface area (Å²) in [6, 6.07) is 0. The molecule has 10 heteroatoms. The number of likely N-dealkylation sites (N-methyl/N-ethyl adjacent to an activating group) is 3. The van der Waals surface area contributed by atoms with Crippen LogP contribution in [-0.4, -0.2) is 141 Å². The summed E-state index contributed by atoms with van der Waals surface area (Å²) in [4.78, 5) is 7.45. The molecule has 0 bridgehead atoms. The maximum atomic E-state index is 7.13. The predicted molar refractivity (Wildman–Crippen MR) is 200 cm³/mol. The molecule has 43 heavy (non-hydrogen) atoms. The normalized spacial score (nSPS) is 15.5. The van der Waals surface area contributed by atoms with Gasteiger partial charge in [0.1, 0.15) is 0 Å². The van der Waals surface area contributed by atoms with Gasteiger partial charge in [-0.3, -0.25) is 0 Å². The summed E-state index contributed by atoms with van der Waals surface area (Å²) in [5.41, 5.74) is 0. The summed E-state index contributed by atoms with van der Waals surface area (Å²) >= 11 is 2.81. The summed E-state index contributed by atoms with van der Waals surface area (Å²) in [5.74, 6) is 2.84. The van der Waals surface area contributed by atoms with Crippen molar-refractivity contribution >= 4 is 52.6 Å². The average Bonchev–Trinajstić information content (AvgIpc) is 2.91. The first-order valence-electron chi connectivity index (χ1n) is 16.9. The first-order chi connectivity index (χ1) is 19.9. The predicted octanol–water partition coefficient (Wildman–Crippen LogP) is 7.75. The van der Waals surface area contributed by atoms with Crippen molar-refractivity contribution in [1.82, 2.24) is 14.7 Å². The first-order valence-corrected chi connectivity index (χ1v) is 22.9. The van der Waals surface area contributed by atoms with Crippen LogP contribution in [0.25, 0.3) is 0 Å². The van der Waals surface area contributed by atoms with E-state index in [0.29, 0.717) is 0 Å². The van der Waals surface area contributed by atoms with Crippen molar-refractivity contribution < 1.29 is 10.6 Å². The Hall–Kier alpha value is 1.45. The summed E-state index contributed by atoms with van der Waals surface area (Å²) in [6.07, 6.45) is 0.258. The Balaban J connectivity index is 6.41. The van der Waals surface area contributed by atoms with Gasteiger partial charge in [-0.2, -0.15) is 0 Å². The molecule has 3 atom stereocenters. The zero-order valence-electron chi connectivity index (χ0n) is 31.1. The van der Waals surface area contributed by atoms with Crippen molar-refractivity contribution in [3.63, 3.8) is 0 Å². The van der Waals surface area contributed by atoms with Crippen molar-refractivity contribution in [2.75, 3.05) is 76.2 Å².